The molecular formula is C21H21N5O3. The first-order chi connectivity index (χ1) is 14.2. The zero-order chi connectivity index (χ0) is 19.8. The van der Waals surface area contributed by atoms with Gasteiger partial charge in [-0.3, -0.25) is 9.59 Å². The molecule has 29 heavy (non-hydrogen) atoms. The van der Waals surface area contributed by atoms with Gasteiger partial charge in [0.2, 0.25) is 0 Å². The largest absolute Gasteiger partial charge is 0.492 e. The van der Waals surface area contributed by atoms with Gasteiger partial charge >= 0.3 is 0 Å². The van der Waals surface area contributed by atoms with Crippen LogP contribution in [0.15, 0.2) is 41.6 Å². The van der Waals surface area contributed by atoms with Crippen molar-refractivity contribution in [3.8, 4) is 5.75 Å². The van der Waals surface area contributed by atoms with E-state index in [0.29, 0.717) is 42.6 Å². The van der Waals surface area contributed by atoms with E-state index in [0.717, 1.165) is 36.4 Å². The minimum Gasteiger partial charge on any atom is -0.492 e. The zero-order valence-electron chi connectivity index (χ0n) is 15.9. The van der Waals surface area contributed by atoms with Crippen LogP contribution in [-0.4, -0.2) is 35.7 Å². The Morgan fingerprint density at radius 1 is 1.24 bits per heavy atom. The van der Waals surface area contributed by atoms with Gasteiger partial charge in [0, 0.05) is 24.2 Å². The molecule has 3 aliphatic rings. The van der Waals surface area contributed by atoms with Gasteiger partial charge in [0.1, 0.15) is 12.4 Å². The quantitative estimate of drug-likeness (QED) is 0.834. The second-order valence-corrected chi connectivity index (χ2v) is 7.41. The van der Waals surface area contributed by atoms with Crippen LogP contribution in [0.5, 0.6) is 5.75 Å². The van der Waals surface area contributed by atoms with Crippen LogP contribution in [0.25, 0.3) is 0 Å². The van der Waals surface area contributed by atoms with Crippen LogP contribution in [0, 0.1) is 5.92 Å². The van der Waals surface area contributed by atoms with Crippen LogP contribution in [0.4, 0.5) is 11.5 Å². The Hall–Kier alpha value is -3.26. The molecule has 1 fully saturated rings. The van der Waals surface area contributed by atoms with Crippen LogP contribution >= 0.6 is 0 Å². The molecule has 3 heterocycles. The Morgan fingerprint density at radius 2 is 2.14 bits per heavy atom. The van der Waals surface area contributed by atoms with Gasteiger partial charge in [0.05, 0.1) is 24.0 Å². The van der Waals surface area contributed by atoms with E-state index in [9.17, 15) is 9.59 Å². The molecule has 0 spiro atoms. The minimum atomic E-state index is -0.227. The second-order valence-electron chi connectivity index (χ2n) is 7.41. The molecule has 1 aromatic carbocycles. The van der Waals surface area contributed by atoms with Crippen LogP contribution in [0.2, 0.25) is 0 Å². The molecule has 1 aliphatic carbocycles. The van der Waals surface area contributed by atoms with E-state index >= 15 is 0 Å². The third-order valence-electron chi connectivity index (χ3n) is 5.28. The third kappa shape index (κ3) is 3.58. The molecule has 1 aromatic heterocycles. The molecule has 0 radical (unpaired) electrons. The molecule has 148 valence electrons. The van der Waals surface area contributed by atoms with Gasteiger partial charge in [-0.1, -0.05) is 6.07 Å². The first-order valence-electron chi connectivity index (χ1n) is 9.82. The molecule has 0 bridgehead atoms. The van der Waals surface area contributed by atoms with Gasteiger partial charge in [-0.05, 0) is 43.0 Å². The fraction of sp³-hybridized carbons (Fsp3) is 0.333. The first kappa shape index (κ1) is 17.8. The molecule has 5 rings (SSSR count). The second kappa shape index (κ2) is 7.29. The number of hydrogen-bond donors (Lipinski definition) is 2. The van der Waals surface area contributed by atoms with Gasteiger partial charge in [-0.2, -0.15) is 10.1 Å². The molecule has 8 heteroatoms. The number of anilines is 2. The van der Waals surface area contributed by atoms with Crippen molar-refractivity contribution in [1.29, 1.82) is 0 Å². The SMILES string of the molecule is O=C(Nc1ccc(N2N=C(C3CC3)CC2=O)nc1)c1cccc2c1CNCCO2. The number of fused-ring (bicyclic) bond motifs is 1. The average Bonchev–Trinajstić information content (AvgIpc) is 3.54. The number of hydrogen-bond acceptors (Lipinski definition) is 6. The molecular weight excluding hydrogens is 370 g/mol. The van der Waals surface area contributed by atoms with Crippen molar-refractivity contribution < 1.29 is 14.3 Å². The minimum absolute atomic E-state index is 0.0596. The van der Waals surface area contributed by atoms with Crippen molar-refractivity contribution in [3.05, 3.63) is 47.7 Å². The summed E-state index contributed by atoms with van der Waals surface area (Å²) in [4.78, 5) is 29.3. The van der Waals surface area contributed by atoms with E-state index in [1.54, 1.807) is 24.4 Å². The number of ether oxygens (including phenoxy) is 1. The maximum Gasteiger partial charge on any atom is 0.256 e. The Labute approximate surface area is 168 Å². The predicted molar refractivity (Wildman–Crippen MR) is 108 cm³/mol. The van der Waals surface area contributed by atoms with E-state index in [1.165, 1.54) is 5.01 Å². The molecule has 2 aromatic rings. The Kier molecular flexibility index (Phi) is 4.48. The average molecular weight is 391 g/mol. The summed E-state index contributed by atoms with van der Waals surface area (Å²) in [6, 6.07) is 8.90. The topological polar surface area (TPSA) is 95.9 Å². The van der Waals surface area contributed by atoms with Crippen molar-refractivity contribution in [2.75, 3.05) is 23.5 Å². The summed E-state index contributed by atoms with van der Waals surface area (Å²) in [6.07, 6.45) is 4.14. The smallest absolute Gasteiger partial charge is 0.256 e. The van der Waals surface area contributed by atoms with Gasteiger partial charge in [0.25, 0.3) is 11.8 Å². The van der Waals surface area contributed by atoms with Crippen LogP contribution in [-0.2, 0) is 11.3 Å². The molecule has 0 atom stereocenters. The van der Waals surface area contributed by atoms with E-state index in [4.69, 9.17) is 4.74 Å². The van der Waals surface area contributed by atoms with Gasteiger partial charge in [-0.15, -0.1) is 0 Å². The molecule has 0 saturated heterocycles. The van der Waals surface area contributed by atoms with Crippen molar-refractivity contribution >= 4 is 29.0 Å². The molecule has 2 amide bonds. The van der Waals surface area contributed by atoms with Crippen LogP contribution in [0.1, 0.15) is 35.2 Å². The number of rotatable bonds is 4. The summed E-state index contributed by atoms with van der Waals surface area (Å²) in [7, 11) is 0. The number of carbonyl (C=O) groups excluding carboxylic acids is 2. The summed E-state index contributed by atoms with van der Waals surface area (Å²) in [5.41, 5.74) is 2.91. The van der Waals surface area contributed by atoms with Gasteiger partial charge in [0.15, 0.2) is 5.82 Å². The number of pyridine rings is 1. The molecule has 2 N–H and O–H groups in total. The number of nitrogens with one attached hydrogen (secondary N) is 2. The standard InChI is InChI=1S/C21H21N5O3/c27-20-10-17(13-4-5-13)25-26(20)19-7-6-14(11-23-19)24-21(28)15-2-1-3-18-16(15)12-22-8-9-29-18/h1-3,6-7,11,13,22H,4-5,8-10,12H2,(H,24,28). The molecule has 8 nitrogen and oxygen atoms in total. The lowest BCUT2D eigenvalue weighted by atomic mass is 10.1. The summed E-state index contributed by atoms with van der Waals surface area (Å²) in [5.74, 6) is 1.37. The number of aromatic nitrogens is 1. The summed E-state index contributed by atoms with van der Waals surface area (Å²) in [6.45, 7) is 1.89. The zero-order valence-corrected chi connectivity index (χ0v) is 15.9. The van der Waals surface area contributed by atoms with Crippen molar-refractivity contribution in [2.45, 2.75) is 25.8 Å². The normalized spacial score (nSPS) is 18.6. The lowest BCUT2D eigenvalue weighted by molar-refractivity contribution is -0.117. The maximum absolute atomic E-state index is 12.8. The summed E-state index contributed by atoms with van der Waals surface area (Å²) < 4.78 is 5.70. The number of amides is 2. The fourth-order valence-electron chi connectivity index (χ4n) is 3.60. The fourth-order valence-corrected chi connectivity index (χ4v) is 3.60. The lowest BCUT2D eigenvalue weighted by Gasteiger charge is -2.13. The van der Waals surface area contributed by atoms with Gasteiger partial charge < -0.3 is 15.4 Å². The molecule has 1 saturated carbocycles. The number of nitrogens with zero attached hydrogens (tertiary/aromatic N) is 3. The monoisotopic (exact) mass is 391 g/mol. The van der Waals surface area contributed by atoms with E-state index in [1.807, 2.05) is 12.1 Å². The van der Waals surface area contributed by atoms with E-state index < -0.39 is 0 Å². The van der Waals surface area contributed by atoms with Crippen molar-refractivity contribution in [2.24, 2.45) is 11.0 Å². The summed E-state index contributed by atoms with van der Waals surface area (Å²) >= 11 is 0. The highest BCUT2D eigenvalue weighted by molar-refractivity contribution is 6.14. The Balaban J connectivity index is 1.32. The predicted octanol–water partition coefficient (Wildman–Crippen LogP) is 2.32. The molecule has 2 aliphatic heterocycles. The number of carbonyl (C=O) groups is 2. The van der Waals surface area contributed by atoms with Gasteiger partial charge in [-0.25, -0.2) is 4.98 Å². The Morgan fingerprint density at radius 3 is 2.93 bits per heavy atom. The van der Waals surface area contributed by atoms with E-state index in [-0.39, 0.29) is 11.8 Å². The lowest BCUT2D eigenvalue weighted by Crippen LogP contribution is -2.21. The number of hydrazone groups is 1. The van der Waals surface area contributed by atoms with E-state index in [2.05, 4.69) is 20.7 Å². The summed E-state index contributed by atoms with van der Waals surface area (Å²) in [5, 5.41) is 11.9. The van der Waals surface area contributed by atoms with Crippen LogP contribution in [0.3, 0.4) is 0 Å². The highest BCUT2D eigenvalue weighted by atomic mass is 16.5. The van der Waals surface area contributed by atoms with Crippen molar-refractivity contribution in [3.63, 3.8) is 0 Å². The van der Waals surface area contributed by atoms with Crippen molar-refractivity contribution in [1.82, 2.24) is 10.3 Å². The highest BCUT2D eigenvalue weighted by Crippen LogP contribution is 2.35. The highest BCUT2D eigenvalue weighted by Gasteiger charge is 2.35. The Bertz CT molecular complexity index is 998. The first-order valence-corrected chi connectivity index (χ1v) is 9.82. The third-order valence-corrected chi connectivity index (χ3v) is 5.28. The van der Waals surface area contributed by atoms with Crippen LogP contribution < -0.4 is 20.4 Å². The number of benzene rings is 1. The molecule has 0 unspecified atom stereocenters. The maximum atomic E-state index is 12.8.